The van der Waals surface area contributed by atoms with Crippen molar-refractivity contribution >= 4 is 11.7 Å². The summed E-state index contributed by atoms with van der Waals surface area (Å²) in [6.07, 6.45) is 3.37. The molecule has 0 spiro atoms. The lowest BCUT2D eigenvalue weighted by molar-refractivity contribution is -0.000352. The quantitative estimate of drug-likeness (QED) is 0.902. The number of nitrogens with zero attached hydrogens (tertiary/aromatic N) is 2. The van der Waals surface area contributed by atoms with Crippen LogP contribution in [0.25, 0.3) is 0 Å². The number of piperidine rings is 1. The number of ether oxygens (including phenoxy) is 1. The minimum Gasteiger partial charge on any atom is -0.383 e. The number of rotatable bonds is 4. The number of aromatic amines is 1. The monoisotopic (exact) mass is 300 g/mol. The van der Waals surface area contributed by atoms with E-state index >= 15 is 0 Å². The minimum atomic E-state index is -0.0623. The van der Waals surface area contributed by atoms with Crippen LogP contribution < -0.4 is 5.73 Å². The third-order valence-electron chi connectivity index (χ3n) is 3.96. The standard InChI is InChI=1S/C16H20N4O2/c17-15-14(10-18-19-15)16(21)20-8-6-13(7-9-20)22-11-12-4-2-1-3-5-12/h1-5,10,13H,6-9,11H2,(H3,17,18,19). The van der Waals surface area contributed by atoms with Crippen LogP contribution in [0.3, 0.4) is 0 Å². The third-order valence-corrected chi connectivity index (χ3v) is 3.96. The molecule has 22 heavy (non-hydrogen) atoms. The smallest absolute Gasteiger partial charge is 0.259 e. The Morgan fingerprint density at radius 1 is 1.32 bits per heavy atom. The second-order valence-corrected chi connectivity index (χ2v) is 5.49. The van der Waals surface area contributed by atoms with Gasteiger partial charge in [-0.15, -0.1) is 0 Å². The molecule has 116 valence electrons. The molecule has 6 heteroatoms. The maximum atomic E-state index is 12.3. The van der Waals surface area contributed by atoms with Gasteiger partial charge in [0.2, 0.25) is 0 Å². The molecule has 1 fully saturated rings. The summed E-state index contributed by atoms with van der Waals surface area (Å²) < 4.78 is 5.93. The largest absolute Gasteiger partial charge is 0.383 e. The Kier molecular flexibility index (Phi) is 4.39. The number of nitrogen functional groups attached to an aromatic ring is 1. The number of nitrogens with one attached hydrogen (secondary N) is 1. The van der Waals surface area contributed by atoms with E-state index in [4.69, 9.17) is 10.5 Å². The van der Waals surface area contributed by atoms with E-state index < -0.39 is 0 Å². The number of hydrogen-bond acceptors (Lipinski definition) is 4. The third kappa shape index (κ3) is 3.28. The van der Waals surface area contributed by atoms with Gasteiger partial charge in [-0.1, -0.05) is 30.3 Å². The summed E-state index contributed by atoms with van der Waals surface area (Å²) in [5.41, 5.74) is 7.32. The summed E-state index contributed by atoms with van der Waals surface area (Å²) in [6, 6.07) is 10.1. The van der Waals surface area contributed by atoms with Crippen LogP contribution in [0, 0.1) is 0 Å². The molecule has 1 aromatic carbocycles. The van der Waals surface area contributed by atoms with Crippen molar-refractivity contribution in [1.29, 1.82) is 0 Å². The molecule has 0 bridgehead atoms. The van der Waals surface area contributed by atoms with Gasteiger partial charge in [0.1, 0.15) is 11.4 Å². The summed E-state index contributed by atoms with van der Waals surface area (Å²) in [5.74, 6) is 0.264. The van der Waals surface area contributed by atoms with Crippen molar-refractivity contribution in [2.45, 2.75) is 25.6 Å². The fraction of sp³-hybridized carbons (Fsp3) is 0.375. The Balaban J connectivity index is 1.48. The average Bonchev–Trinajstić information content (AvgIpc) is 3.00. The number of anilines is 1. The average molecular weight is 300 g/mol. The van der Waals surface area contributed by atoms with Crippen molar-refractivity contribution in [2.75, 3.05) is 18.8 Å². The molecular weight excluding hydrogens is 280 g/mol. The lowest BCUT2D eigenvalue weighted by atomic mass is 10.1. The zero-order valence-corrected chi connectivity index (χ0v) is 12.4. The normalized spacial score (nSPS) is 15.9. The van der Waals surface area contributed by atoms with E-state index in [1.54, 1.807) is 0 Å². The molecule has 3 N–H and O–H groups in total. The number of hydrogen-bond donors (Lipinski definition) is 2. The Morgan fingerprint density at radius 2 is 2.05 bits per heavy atom. The minimum absolute atomic E-state index is 0.0623. The van der Waals surface area contributed by atoms with Gasteiger partial charge in [-0.05, 0) is 18.4 Å². The van der Waals surface area contributed by atoms with E-state index in [9.17, 15) is 4.79 Å². The highest BCUT2D eigenvalue weighted by molar-refractivity contribution is 5.98. The highest BCUT2D eigenvalue weighted by atomic mass is 16.5. The molecule has 1 aromatic heterocycles. The Morgan fingerprint density at radius 3 is 2.68 bits per heavy atom. The topological polar surface area (TPSA) is 84.2 Å². The molecule has 2 aromatic rings. The number of aromatic nitrogens is 2. The number of amides is 1. The van der Waals surface area contributed by atoms with Crippen LogP contribution in [0.4, 0.5) is 5.82 Å². The van der Waals surface area contributed by atoms with Crippen molar-refractivity contribution in [3.05, 3.63) is 47.7 Å². The van der Waals surface area contributed by atoms with Gasteiger partial charge in [0.25, 0.3) is 5.91 Å². The molecule has 0 atom stereocenters. The molecule has 0 aliphatic carbocycles. The zero-order chi connectivity index (χ0) is 15.4. The summed E-state index contributed by atoms with van der Waals surface area (Å²) in [4.78, 5) is 14.1. The first-order valence-electron chi connectivity index (χ1n) is 7.47. The van der Waals surface area contributed by atoms with Crippen molar-refractivity contribution in [1.82, 2.24) is 15.1 Å². The number of carbonyl (C=O) groups excluding carboxylic acids is 1. The van der Waals surface area contributed by atoms with Crippen LogP contribution in [0.1, 0.15) is 28.8 Å². The van der Waals surface area contributed by atoms with Crippen molar-refractivity contribution in [3.8, 4) is 0 Å². The second-order valence-electron chi connectivity index (χ2n) is 5.49. The molecule has 3 rings (SSSR count). The van der Waals surface area contributed by atoms with Crippen molar-refractivity contribution in [2.24, 2.45) is 0 Å². The molecule has 0 radical (unpaired) electrons. The van der Waals surface area contributed by atoms with E-state index in [0.29, 0.717) is 31.1 Å². The molecule has 1 aliphatic rings. The fourth-order valence-corrected chi connectivity index (χ4v) is 2.65. The molecule has 0 unspecified atom stereocenters. The van der Waals surface area contributed by atoms with Crippen LogP contribution in [-0.2, 0) is 11.3 Å². The predicted octanol–water partition coefficient (Wildman–Crippen LogP) is 1.81. The number of nitrogens with two attached hydrogens (primary N) is 1. The first-order chi connectivity index (χ1) is 10.7. The van der Waals surface area contributed by atoms with Crippen LogP contribution >= 0.6 is 0 Å². The van der Waals surface area contributed by atoms with Gasteiger partial charge >= 0.3 is 0 Å². The van der Waals surface area contributed by atoms with Gasteiger partial charge in [-0.3, -0.25) is 9.89 Å². The zero-order valence-electron chi connectivity index (χ0n) is 12.4. The van der Waals surface area contributed by atoms with E-state index in [1.165, 1.54) is 11.8 Å². The lowest BCUT2D eigenvalue weighted by Crippen LogP contribution is -2.41. The summed E-state index contributed by atoms with van der Waals surface area (Å²) in [5, 5.41) is 6.38. The van der Waals surface area contributed by atoms with E-state index in [1.807, 2.05) is 23.1 Å². The molecule has 1 aliphatic heterocycles. The van der Waals surface area contributed by atoms with Gasteiger partial charge < -0.3 is 15.4 Å². The maximum absolute atomic E-state index is 12.3. The summed E-state index contributed by atoms with van der Waals surface area (Å²) >= 11 is 0. The molecule has 1 saturated heterocycles. The second kappa shape index (κ2) is 6.62. The van der Waals surface area contributed by atoms with Gasteiger partial charge in [-0.2, -0.15) is 5.10 Å². The van der Waals surface area contributed by atoms with Gasteiger partial charge in [0.15, 0.2) is 0 Å². The van der Waals surface area contributed by atoms with Crippen molar-refractivity contribution in [3.63, 3.8) is 0 Å². The van der Waals surface area contributed by atoms with Crippen LogP contribution in [-0.4, -0.2) is 40.2 Å². The fourth-order valence-electron chi connectivity index (χ4n) is 2.65. The van der Waals surface area contributed by atoms with Crippen LogP contribution in [0.15, 0.2) is 36.5 Å². The molecule has 2 heterocycles. The van der Waals surface area contributed by atoms with Crippen molar-refractivity contribution < 1.29 is 9.53 Å². The molecule has 0 saturated carbocycles. The lowest BCUT2D eigenvalue weighted by Gasteiger charge is -2.31. The SMILES string of the molecule is Nc1[nH]ncc1C(=O)N1CCC(OCc2ccccc2)CC1. The van der Waals surface area contributed by atoms with Gasteiger partial charge in [0.05, 0.1) is 18.9 Å². The Labute approximate surface area is 129 Å². The Hall–Kier alpha value is -2.34. The number of benzene rings is 1. The number of carbonyl (C=O) groups is 1. The number of H-pyrrole nitrogens is 1. The summed E-state index contributed by atoms with van der Waals surface area (Å²) in [6.45, 7) is 1.99. The van der Waals surface area contributed by atoms with Gasteiger partial charge in [0, 0.05) is 13.1 Å². The Bertz CT molecular complexity index is 618. The highest BCUT2D eigenvalue weighted by Gasteiger charge is 2.25. The maximum Gasteiger partial charge on any atom is 0.259 e. The molecule has 6 nitrogen and oxygen atoms in total. The van der Waals surface area contributed by atoms with E-state index in [-0.39, 0.29) is 12.0 Å². The molecular formula is C16H20N4O2. The van der Waals surface area contributed by atoms with E-state index in [2.05, 4.69) is 22.3 Å². The highest BCUT2D eigenvalue weighted by Crippen LogP contribution is 2.19. The number of likely N-dealkylation sites (tertiary alicyclic amines) is 1. The first kappa shape index (κ1) is 14.6. The van der Waals surface area contributed by atoms with Gasteiger partial charge in [-0.25, -0.2) is 0 Å². The first-order valence-corrected chi connectivity index (χ1v) is 7.47. The predicted molar refractivity (Wildman–Crippen MR) is 83.2 cm³/mol. The van der Waals surface area contributed by atoms with Crippen LogP contribution in [0.5, 0.6) is 0 Å². The summed E-state index contributed by atoms with van der Waals surface area (Å²) in [7, 11) is 0. The van der Waals surface area contributed by atoms with Crippen LogP contribution in [0.2, 0.25) is 0 Å². The molecule has 1 amide bonds. The van der Waals surface area contributed by atoms with E-state index in [0.717, 1.165) is 12.8 Å².